The summed E-state index contributed by atoms with van der Waals surface area (Å²) >= 11 is 0. The number of hydrogen-bond donors (Lipinski definition) is 0. The van der Waals surface area contributed by atoms with Crippen LogP contribution in [0.2, 0.25) is 0 Å². The highest BCUT2D eigenvalue weighted by Gasteiger charge is 2.29. The zero-order chi connectivity index (χ0) is 35.2. The first-order valence-corrected chi connectivity index (χ1v) is 17.5. The van der Waals surface area contributed by atoms with Crippen molar-refractivity contribution >= 4 is 11.9 Å². The van der Waals surface area contributed by atoms with E-state index in [1.807, 2.05) is 0 Å². The minimum atomic E-state index is -0.611. The van der Waals surface area contributed by atoms with E-state index in [1.165, 1.54) is 63.9 Å². The quantitative estimate of drug-likeness (QED) is 0.260. The summed E-state index contributed by atoms with van der Waals surface area (Å²) in [5.74, 6) is 0.330. The molecule has 48 heavy (non-hydrogen) atoms. The number of benzene rings is 3. The Kier molecular flexibility index (Phi) is 12.0. The van der Waals surface area contributed by atoms with Crippen molar-refractivity contribution in [3.63, 3.8) is 0 Å². The summed E-state index contributed by atoms with van der Waals surface area (Å²) in [6, 6.07) is 12.5. The maximum atomic E-state index is 13.3. The summed E-state index contributed by atoms with van der Waals surface area (Å²) in [5.41, 5.74) is 7.85. The average molecular weight is 657 g/mol. The molecule has 0 fully saturated rings. The van der Waals surface area contributed by atoms with Crippen LogP contribution < -0.4 is 9.47 Å². The molecule has 6 nitrogen and oxygen atoms in total. The van der Waals surface area contributed by atoms with Gasteiger partial charge < -0.3 is 18.9 Å². The number of carbonyl (C=O) groups is 2. The van der Waals surface area contributed by atoms with Gasteiger partial charge in [-0.2, -0.15) is 0 Å². The molecule has 0 saturated carbocycles. The summed E-state index contributed by atoms with van der Waals surface area (Å²) in [5, 5.41) is 0. The van der Waals surface area contributed by atoms with Crippen LogP contribution in [0.5, 0.6) is 11.5 Å². The molecule has 6 heteroatoms. The Hall–Kier alpha value is -3.80. The molecule has 0 N–H and O–H groups in total. The molecule has 3 aromatic rings. The van der Waals surface area contributed by atoms with E-state index in [9.17, 15) is 9.59 Å². The van der Waals surface area contributed by atoms with Gasteiger partial charge >= 0.3 is 11.9 Å². The minimum Gasteiger partial charge on any atom is -0.496 e. The molecule has 0 heterocycles. The second-order valence-electron chi connectivity index (χ2n) is 15.2. The first-order valence-electron chi connectivity index (χ1n) is 17.5. The molecule has 0 saturated heterocycles. The lowest BCUT2D eigenvalue weighted by molar-refractivity contribution is 0.0555. The number of ether oxygens (including phenoxy) is 4. The molecule has 4 bridgehead atoms. The highest BCUT2D eigenvalue weighted by molar-refractivity contribution is 6.07. The van der Waals surface area contributed by atoms with E-state index < -0.39 is 11.9 Å². The fourth-order valence-corrected chi connectivity index (χ4v) is 6.79. The van der Waals surface area contributed by atoms with Crippen molar-refractivity contribution < 1.29 is 28.5 Å². The SMILES string of the molecule is COC(=O)c1cc2c(cc1C(=O)OC)-c1cc(C(C)(C)C)cc(c1OC)CCCCCCCCCCc1cc(C(C)(C)C)cc-2c1OC. The Balaban J connectivity index is 2.23. The smallest absolute Gasteiger partial charge is 0.338 e. The van der Waals surface area contributed by atoms with Gasteiger partial charge in [-0.15, -0.1) is 0 Å². The molecule has 0 aliphatic heterocycles. The topological polar surface area (TPSA) is 71.1 Å². The van der Waals surface area contributed by atoms with Crippen LogP contribution in [0.3, 0.4) is 0 Å². The maximum absolute atomic E-state index is 13.3. The lowest BCUT2D eigenvalue weighted by Crippen LogP contribution is -2.15. The highest BCUT2D eigenvalue weighted by atomic mass is 16.5. The van der Waals surface area contributed by atoms with E-state index in [0.29, 0.717) is 0 Å². The zero-order valence-corrected chi connectivity index (χ0v) is 31.0. The first kappa shape index (κ1) is 37.0. The molecule has 0 amide bonds. The van der Waals surface area contributed by atoms with E-state index in [1.54, 1.807) is 26.4 Å². The van der Waals surface area contributed by atoms with Crippen molar-refractivity contribution in [2.45, 2.75) is 117 Å². The molecular weight excluding hydrogens is 600 g/mol. The standard InChI is InChI=1S/C42H56O6/c1-41(2,3)29-21-27-19-17-15-13-11-12-14-16-18-20-28-22-30(42(4,5)6)24-34(38(28)46-8)32-26-36(40(44)48-10)35(39(43)47-9)25-31(32)33(23-29)37(27)45-7/h21-26H,11-20H2,1-10H3. The van der Waals surface area contributed by atoms with E-state index in [2.05, 4.69) is 65.8 Å². The van der Waals surface area contributed by atoms with E-state index >= 15 is 0 Å². The van der Waals surface area contributed by atoms with Gasteiger partial charge in [0.2, 0.25) is 0 Å². The second kappa shape index (κ2) is 15.6. The number of aryl methyl sites for hydroxylation is 2. The number of fused-ring (bicyclic) bond motifs is 7. The van der Waals surface area contributed by atoms with Crippen LogP contribution in [0.15, 0.2) is 36.4 Å². The van der Waals surface area contributed by atoms with Gasteiger partial charge in [-0.1, -0.05) is 92.2 Å². The highest BCUT2D eigenvalue weighted by Crippen LogP contribution is 2.47. The molecule has 0 atom stereocenters. The van der Waals surface area contributed by atoms with Crippen molar-refractivity contribution in [2.24, 2.45) is 0 Å². The Morgan fingerprint density at radius 1 is 0.479 bits per heavy atom. The molecule has 0 spiro atoms. The van der Waals surface area contributed by atoms with Crippen molar-refractivity contribution in [3.05, 3.63) is 69.8 Å². The Morgan fingerprint density at radius 3 is 1.10 bits per heavy atom. The first-order chi connectivity index (χ1) is 22.7. The predicted octanol–water partition coefficient (Wildman–Crippen LogP) is 10.4. The van der Waals surface area contributed by atoms with Gasteiger partial charge in [-0.25, -0.2) is 9.59 Å². The largest absolute Gasteiger partial charge is 0.496 e. The zero-order valence-electron chi connectivity index (χ0n) is 31.0. The van der Waals surface area contributed by atoms with E-state index in [0.717, 1.165) is 70.6 Å². The molecule has 1 aliphatic carbocycles. The maximum Gasteiger partial charge on any atom is 0.338 e. The number of methoxy groups -OCH3 is 4. The predicted molar refractivity (Wildman–Crippen MR) is 195 cm³/mol. The number of carbonyl (C=O) groups excluding carboxylic acids is 2. The molecule has 0 aromatic heterocycles. The molecule has 3 aromatic carbocycles. The summed E-state index contributed by atoms with van der Waals surface area (Å²) in [6.07, 6.45) is 11.2. The van der Waals surface area contributed by atoms with Gasteiger partial charge in [0.05, 0.1) is 39.6 Å². The summed E-state index contributed by atoms with van der Waals surface area (Å²) < 4.78 is 23.0. The van der Waals surface area contributed by atoms with Gasteiger partial charge in [0, 0.05) is 11.1 Å². The third kappa shape index (κ3) is 8.25. The fourth-order valence-electron chi connectivity index (χ4n) is 6.79. The lowest BCUT2D eigenvalue weighted by Gasteiger charge is -2.27. The van der Waals surface area contributed by atoms with E-state index in [-0.39, 0.29) is 22.0 Å². The van der Waals surface area contributed by atoms with Crippen molar-refractivity contribution in [1.82, 2.24) is 0 Å². The van der Waals surface area contributed by atoms with Crippen LogP contribution in [0, 0.1) is 0 Å². The summed E-state index contributed by atoms with van der Waals surface area (Å²) in [6.45, 7) is 13.3. The van der Waals surface area contributed by atoms with Crippen LogP contribution in [-0.2, 0) is 33.1 Å². The molecule has 0 unspecified atom stereocenters. The monoisotopic (exact) mass is 656 g/mol. The molecule has 4 rings (SSSR count). The summed E-state index contributed by atoms with van der Waals surface area (Å²) in [7, 11) is 6.08. The number of hydrogen-bond acceptors (Lipinski definition) is 6. The van der Waals surface area contributed by atoms with Gasteiger partial charge in [-0.05, 0) is 94.2 Å². The van der Waals surface area contributed by atoms with Crippen molar-refractivity contribution in [3.8, 4) is 33.8 Å². The molecule has 0 radical (unpaired) electrons. The van der Waals surface area contributed by atoms with Crippen molar-refractivity contribution in [1.29, 1.82) is 0 Å². The molecular formula is C42H56O6. The van der Waals surface area contributed by atoms with Gasteiger partial charge in [0.15, 0.2) is 0 Å². The Morgan fingerprint density at radius 2 is 0.812 bits per heavy atom. The number of esters is 2. The Bertz CT molecular complexity index is 1500. The van der Waals surface area contributed by atoms with Crippen LogP contribution in [0.1, 0.15) is 136 Å². The van der Waals surface area contributed by atoms with Gasteiger partial charge in [0.25, 0.3) is 0 Å². The van der Waals surface area contributed by atoms with Gasteiger partial charge in [-0.3, -0.25) is 0 Å². The normalized spacial score (nSPS) is 14.6. The Labute approximate surface area is 288 Å². The van der Waals surface area contributed by atoms with Crippen LogP contribution in [0.4, 0.5) is 0 Å². The third-order valence-corrected chi connectivity index (χ3v) is 9.66. The minimum absolute atomic E-state index is 0.140. The van der Waals surface area contributed by atoms with Crippen LogP contribution in [0.25, 0.3) is 22.3 Å². The van der Waals surface area contributed by atoms with Gasteiger partial charge in [0.1, 0.15) is 11.5 Å². The van der Waals surface area contributed by atoms with Crippen molar-refractivity contribution in [2.75, 3.05) is 28.4 Å². The van der Waals surface area contributed by atoms with Crippen LogP contribution in [-0.4, -0.2) is 40.4 Å². The average Bonchev–Trinajstić information content (AvgIpc) is 3.05. The number of rotatable bonds is 4. The summed E-state index contributed by atoms with van der Waals surface area (Å²) in [4.78, 5) is 26.7. The molecule has 1 aliphatic rings. The fraction of sp³-hybridized carbons (Fsp3) is 0.524. The molecule has 260 valence electrons. The van der Waals surface area contributed by atoms with E-state index in [4.69, 9.17) is 18.9 Å². The van der Waals surface area contributed by atoms with Crippen LogP contribution >= 0.6 is 0 Å². The lowest BCUT2D eigenvalue weighted by atomic mass is 9.79. The third-order valence-electron chi connectivity index (χ3n) is 9.66. The second-order valence-corrected chi connectivity index (χ2v) is 15.2.